The zero-order chi connectivity index (χ0) is 14.5. The van der Waals surface area contributed by atoms with Crippen LogP contribution in [0.5, 0.6) is 0 Å². The van der Waals surface area contributed by atoms with Gasteiger partial charge in [0, 0.05) is 30.1 Å². The van der Waals surface area contributed by atoms with Crippen LogP contribution in [-0.4, -0.2) is 26.4 Å². The Morgan fingerprint density at radius 1 is 1.53 bits per heavy atom. The first kappa shape index (κ1) is 15.2. The van der Waals surface area contributed by atoms with E-state index in [4.69, 9.17) is 17.1 Å². The number of nitro benzene ring substituents is 1. The zero-order valence-electron chi connectivity index (χ0n) is 9.35. The van der Waals surface area contributed by atoms with Gasteiger partial charge < -0.3 is 0 Å². The van der Waals surface area contributed by atoms with Crippen molar-refractivity contribution in [3.63, 3.8) is 0 Å². The van der Waals surface area contributed by atoms with Crippen LogP contribution in [0.2, 0.25) is 5.02 Å². The molecule has 0 aromatic heterocycles. The summed E-state index contributed by atoms with van der Waals surface area (Å²) in [7, 11) is -4.00. The van der Waals surface area contributed by atoms with Gasteiger partial charge in [-0.05, 0) is 11.6 Å². The Morgan fingerprint density at radius 3 is 2.79 bits per heavy atom. The van der Waals surface area contributed by atoms with Gasteiger partial charge in [-0.25, -0.2) is 13.1 Å². The number of rotatable bonds is 6. The highest BCUT2D eigenvalue weighted by atomic mass is 35.5. The fraction of sp³-hybridized carbons (Fsp3) is 0.250. The summed E-state index contributed by atoms with van der Waals surface area (Å²) in [6.45, 7) is -0.215. The van der Waals surface area contributed by atoms with Gasteiger partial charge in [-0.3, -0.25) is 10.1 Å². The summed E-state index contributed by atoms with van der Waals surface area (Å²) >= 11 is 5.70. The van der Waals surface area contributed by atoms with E-state index in [0.29, 0.717) is 0 Å². The quantitative estimate of drug-likeness (QED) is 0.214. The maximum atomic E-state index is 11.8. The highest BCUT2D eigenvalue weighted by Crippen LogP contribution is 2.25. The third-order valence-electron chi connectivity index (χ3n) is 1.98. The molecular weight excluding hydrogens is 298 g/mol. The Morgan fingerprint density at radius 2 is 2.21 bits per heavy atom. The Balaban J connectivity index is 3.03. The summed E-state index contributed by atoms with van der Waals surface area (Å²) in [5.41, 5.74) is 7.65. The number of nitro groups is 1. The Hall–Kier alpha value is -1.87. The van der Waals surface area contributed by atoms with Gasteiger partial charge in [0.2, 0.25) is 10.0 Å². The molecular formula is C8H8ClN5O4S. The average molecular weight is 306 g/mol. The molecule has 1 aromatic carbocycles. The first-order valence-corrected chi connectivity index (χ1v) is 6.69. The van der Waals surface area contributed by atoms with Crippen LogP contribution in [-0.2, 0) is 10.0 Å². The number of non-ortho nitro benzene ring substituents is 1. The van der Waals surface area contributed by atoms with Crippen molar-refractivity contribution in [2.75, 3.05) is 13.1 Å². The molecule has 0 spiro atoms. The smallest absolute Gasteiger partial charge is 0.258 e. The van der Waals surface area contributed by atoms with Gasteiger partial charge >= 0.3 is 0 Å². The predicted octanol–water partition coefficient (Wildman–Crippen LogP) is 1.84. The van der Waals surface area contributed by atoms with Crippen LogP contribution < -0.4 is 4.72 Å². The standard InChI is InChI=1S/C8H8ClN5O4S/c9-7-2-1-6(14(15)16)5-8(7)19(17,18)12-4-3-11-13-10/h1-2,5,12H,3-4H2. The minimum Gasteiger partial charge on any atom is -0.258 e. The summed E-state index contributed by atoms with van der Waals surface area (Å²) in [6.07, 6.45) is 0. The Bertz CT molecular complexity index is 641. The molecule has 1 aromatic rings. The van der Waals surface area contributed by atoms with Crippen molar-refractivity contribution >= 4 is 27.3 Å². The topological polar surface area (TPSA) is 138 Å². The van der Waals surface area contributed by atoms with E-state index in [-0.39, 0.29) is 23.8 Å². The molecule has 0 radical (unpaired) electrons. The van der Waals surface area contributed by atoms with Crippen molar-refractivity contribution < 1.29 is 13.3 Å². The molecule has 0 amide bonds. The molecule has 0 fully saturated rings. The second kappa shape index (κ2) is 6.34. The highest BCUT2D eigenvalue weighted by molar-refractivity contribution is 7.89. The van der Waals surface area contributed by atoms with Crippen LogP contribution in [0.4, 0.5) is 5.69 Å². The molecule has 0 heterocycles. The third kappa shape index (κ3) is 4.07. The normalized spacial score (nSPS) is 10.8. The maximum absolute atomic E-state index is 11.8. The molecule has 0 bridgehead atoms. The molecule has 0 aliphatic carbocycles. The minimum atomic E-state index is -4.00. The van der Waals surface area contributed by atoms with Crippen LogP contribution in [0, 0.1) is 10.1 Å². The highest BCUT2D eigenvalue weighted by Gasteiger charge is 2.20. The van der Waals surface area contributed by atoms with Gasteiger partial charge in [0.25, 0.3) is 5.69 Å². The molecule has 0 saturated carbocycles. The lowest BCUT2D eigenvalue weighted by Gasteiger charge is -2.06. The van der Waals surface area contributed by atoms with Crippen molar-refractivity contribution in [3.8, 4) is 0 Å². The largest absolute Gasteiger partial charge is 0.270 e. The molecule has 19 heavy (non-hydrogen) atoms. The molecule has 11 heteroatoms. The molecule has 0 aliphatic rings. The molecule has 1 rings (SSSR count). The first-order chi connectivity index (χ1) is 8.88. The number of azide groups is 1. The summed E-state index contributed by atoms with van der Waals surface area (Å²) in [5.74, 6) is 0. The fourth-order valence-electron chi connectivity index (χ4n) is 1.16. The lowest BCUT2D eigenvalue weighted by Crippen LogP contribution is -2.26. The van der Waals surface area contributed by atoms with Crippen LogP contribution in [0.25, 0.3) is 10.4 Å². The third-order valence-corrected chi connectivity index (χ3v) is 3.92. The van der Waals surface area contributed by atoms with Crippen molar-refractivity contribution in [3.05, 3.63) is 43.8 Å². The number of hydrogen-bond donors (Lipinski definition) is 1. The number of halogens is 1. The lowest BCUT2D eigenvalue weighted by atomic mass is 10.3. The van der Waals surface area contributed by atoms with E-state index in [0.717, 1.165) is 18.2 Å². The van der Waals surface area contributed by atoms with E-state index in [1.165, 1.54) is 0 Å². The minimum absolute atomic E-state index is 0.0811. The number of hydrogen-bond acceptors (Lipinski definition) is 5. The first-order valence-electron chi connectivity index (χ1n) is 4.83. The number of sulfonamides is 1. The summed E-state index contributed by atoms with van der Waals surface area (Å²) in [6, 6.07) is 3.08. The fourth-order valence-corrected chi connectivity index (χ4v) is 2.70. The maximum Gasteiger partial charge on any atom is 0.270 e. The van der Waals surface area contributed by atoms with E-state index in [1.54, 1.807) is 0 Å². The second-order valence-electron chi connectivity index (χ2n) is 3.22. The molecule has 1 N–H and O–H groups in total. The molecule has 0 aliphatic heterocycles. The number of nitrogens with one attached hydrogen (secondary N) is 1. The van der Waals surface area contributed by atoms with Gasteiger partial charge in [0.15, 0.2) is 0 Å². The number of nitrogens with zero attached hydrogens (tertiary/aromatic N) is 4. The summed E-state index contributed by atoms with van der Waals surface area (Å²) in [5, 5.41) is 13.6. The summed E-state index contributed by atoms with van der Waals surface area (Å²) in [4.78, 5) is 11.9. The second-order valence-corrected chi connectivity index (χ2v) is 5.37. The molecule has 9 nitrogen and oxygen atoms in total. The van der Waals surface area contributed by atoms with E-state index in [2.05, 4.69) is 14.7 Å². The van der Waals surface area contributed by atoms with Crippen LogP contribution in [0.1, 0.15) is 0 Å². The van der Waals surface area contributed by atoms with Crippen LogP contribution in [0.3, 0.4) is 0 Å². The van der Waals surface area contributed by atoms with Crippen molar-refractivity contribution in [2.45, 2.75) is 4.90 Å². The Kier molecular flexibility index (Phi) is 5.07. The van der Waals surface area contributed by atoms with Gasteiger partial charge in [-0.2, -0.15) is 0 Å². The van der Waals surface area contributed by atoms with Crippen molar-refractivity contribution in [1.29, 1.82) is 0 Å². The van der Waals surface area contributed by atoms with Crippen molar-refractivity contribution in [2.24, 2.45) is 5.11 Å². The van der Waals surface area contributed by atoms with E-state index >= 15 is 0 Å². The lowest BCUT2D eigenvalue weighted by molar-refractivity contribution is -0.385. The van der Waals surface area contributed by atoms with E-state index in [9.17, 15) is 18.5 Å². The van der Waals surface area contributed by atoms with Gasteiger partial charge in [-0.1, -0.05) is 16.7 Å². The van der Waals surface area contributed by atoms with Crippen LogP contribution >= 0.6 is 11.6 Å². The molecule has 0 saturated heterocycles. The molecule has 0 unspecified atom stereocenters. The molecule has 0 atom stereocenters. The zero-order valence-corrected chi connectivity index (χ0v) is 10.9. The van der Waals surface area contributed by atoms with Crippen molar-refractivity contribution in [1.82, 2.24) is 4.72 Å². The van der Waals surface area contributed by atoms with Gasteiger partial charge in [-0.15, -0.1) is 0 Å². The predicted molar refractivity (Wildman–Crippen MR) is 67.3 cm³/mol. The van der Waals surface area contributed by atoms with Gasteiger partial charge in [0.05, 0.1) is 9.95 Å². The SMILES string of the molecule is [N-]=[N+]=NCCNS(=O)(=O)c1cc([N+](=O)[O-])ccc1Cl. The average Bonchev–Trinajstić information content (AvgIpc) is 2.34. The van der Waals surface area contributed by atoms with Crippen LogP contribution in [0.15, 0.2) is 28.2 Å². The summed E-state index contributed by atoms with van der Waals surface area (Å²) < 4.78 is 25.8. The van der Waals surface area contributed by atoms with E-state index < -0.39 is 19.8 Å². The van der Waals surface area contributed by atoms with E-state index in [1.807, 2.05) is 0 Å². The Labute approximate surface area is 113 Å². The number of benzene rings is 1. The monoisotopic (exact) mass is 305 g/mol. The molecule has 102 valence electrons. The van der Waals surface area contributed by atoms with Gasteiger partial charge in [0.1, 0.15) is 4.90 Å².